The number of hydrogen-bond acceptors (Lipinski definition) is 2. The van der Waals surface area contributed by atoms with Crippen LogP contribution in [0.15, 0.2) is 48.5 Å². The summed E-state index contributed by atoms with van der Waals surface area (Å²) >= 11 is 0. The molecule has 0 heterocycles. The Hall–Kier alpha value is -2.53. The molecule has 2 rings (SSSR count). The van der Waals surface area contributed by atoms with Crippen LogP contribution in [0.3, 0.4) is 0 Å². The standard InChI is InChI=1S/C18H16O2/c1-2-13-20-18-11-8-15(9-12-18)7-10-16-5-3-4-6-17(16)14-19/h3-6,8-9,11-12,14H,2,13H2,1H3. The number of rotatable bonds is 4. The monoisotopic (exact) mass is 264 g/mol. The fourth-order valence-electron chi connectivity index (χ4n) is 1.71. The number of aldehydes is 1. The van der Waals surface area contributed by atoms with Gasteiger partial charge in [-0.1, -0.05) is 37.0 Å². The first kappa shape index (κ1) is 13.9. The van der Waals surface area contributed by atoms with E-state index in [-0.39, 0.29) is 0 Å². The van der Waals surface area contributed by atoms with Gasteiger partial charge in [0.25, 0.3) is 0 Å². The first-order valence-corrected chi connectivity index (χ1v) is 6.62. The van der Waals surface area contributed by atoms with Gasteiger partial charge in [-0.15, -0.1) is 0 Å². The van der Waals surface area contributed by atoms with Crippen LogP contribution in [0.2, 0.25) is 0 Å². The average molecular weight is 264 g/mol. The second-order valence-corrected chi connectivity index (χ2v) is 4.33. The average Bonchev–Trinajstić information content (AvgIpc) is 2.52. The second kappa shape index (κ2) is 7.16. The Morgan fingerprint density at radius 3 is 2.50 bits per heavy atom. The highest BCUT2D eigenvalue weighted by Crippen LogP contribution is 2.12. The molecule has 0 amide bonds. The zero-order valence-corrected chi connectivity index (χ0v) is 11.4. The molecule has 0 aromatic heterocycles. The molecule has 0 radical (unpaired) electrons. The third kappa shape index (κ3) is 3.73. The van der Waals surface area contributed by atoms with E-state index in [1.807, 2.05) is 42.5 Å². The normalized spacial score (nSPS) is 9.45. The molecule has 0 N–H and O–H groups in total. The Kier molecular flexibility index (Phi) is 4.97. The molecule has 2 heteroatoms. The van der Waals surface area contributed by atoms with Crippen LogP contribution in [-0.2, 0) is 0 Å². The van der Waals surface area contributed by atoms with E-state index >= 15 is 0 Å². The van der Waals surface area contributed by atoms with Gasteiger partial charge in [0, 0.05) is 16.7 Å². The second-order valence-electron chi connectivity index (χ2n) is 4.33. The van der Waals surface area contributed by atoms with Crippen molar-refractivity contribution in [3.63, 3.8) is 0 Å². The zero-order chi connectivity index (χ0) is 14.2. The molecule has 0 saturated carbocycles. The van der Waals surface area contributed by atoms with E-state index in [0.29, 0.717) is 5.56 Å². The lowest BCUT2D eigenvalue weighted by molar-refractivity contribution is 0.112. The Morgan fingerprint density at radius 1 is 1.05 bits per heavy atom. The quantitative estimate of drug-likeness (QED) is 0.622. The van der Waals surface area contributed by atoms with Crippen LogP contribution >= 0.6 is 0 Å². The van der Waals surface area contributed by atoms with Crippen molar-refractivity contribution in [2.45, 2.75) is 13.3 Å². The third-order valence-electron chi connectivity index (χ3n) is 2.76. The van der Waals surface area contributed by atoms with E-state index in [0.717, 1.165) is 36.2 Å². The molecule has 0 saturated heterocycles. The summed E-state index contributed by atoms with van der Waals surface area (Å²) in [5.74, 6) is 6.93. The molecule has 0 fully saturated rings. The van der Waals surface area contributed by atoms with Crippen LogP contribution in [0.5, 0.6) is 5.75 Å². The Morgan fingerprint density at radius 2 is 1.80 bits per heavy atom. The van der Waals surface area contributed by atoms with Gasteiger partial charge in [0.05, 0.1) is 6.61 Å². The summed E-state index contributed by atoms with van der Waals surface area (Å²) in [5, 5.41) is 0. The summed E-state index contributed by atoms with van der Waals surface area (Å²) in [7, 11) is 0. The molecule has 2 nitrogen and oxygen atoms in total. The summed E-state index contributed by atoms with van der Waals surface area (Å²) in [6.07, 6.45) is 1.82. The van der Waals surface area contributed by atoms with Gasteiger partial charge in [-0.25, -0.2) is 0 Å². The van der Waals surface area contributed by atoms with Gasteiger partial charge in [0.15, 0.2) is 6.29 Å². The molecule has 0 atom stereocenters. The SMILES string of the molecule is CCCOc1ccc(C#Cc2ccccc2C=O)cc1. The van der Waals surface area contributed by atoms with E-state index in [4.69, 9.17) is 4.74 Å². The van der Waals surface area contributed by atoms with Crippen molar-refractivity contribution in [3.8, 4) is 17.6 Å². The van der Waals surface area contributed by atoms with Gasteiger partial charge in [0.1, 0.15) is 5.75 Å². The van der Waals surface area contributed by atoms with Gasteiger partial charge in [-0.05, 0) is 36.8 Å². The molecule has 2 aromatic rings. The summed E-state index contributed by atoms with van der Waals surface area (Å²) in [6, 6.07) is 15.0. The molecular formula is C18H16O2. The zero-order valence-electron chi connectivity index (χ0n) is 11.4. The molecule has 0 aliphatic rings. The highest BCUT2D eigenvalue weighted by atomic mass is 16.5. The lowest BCUT2D eigenvalue weighted by Gasteiger charge is -2.03. The summed E-state index contributed by atoms with van der Waals surface area (Å²) in [5.41, 5.74) is 2.26. The van der Waals surface area contributed by atoms with Gasteiger partial charge in [0.2, 0.25) is 0 Å². The maximum atomic E-state index is 10.9. The maximum absolute atomic E-state index is 10.9. The first-order valence-electron chi connectivity index (χ1n) is 6.62. The third-order valence-corrected chi connectivity index (χ3v) is 2.76. The number of carbonyl (C=O) groups excluding carboxylic acids is 1. The number of ether oxygens (including phenoxy) is 1. The highest BCUT2D eigenvalue weighted by Gasteiger charge is 1.96. The lowest BCUT2D eigenvalue weighted by Crippen LogP contribution is -1.94. The van der Waals surface area contributed by atoms with E-state index in [2.05, 4.69) is 18.8 Å². The van der Waals surface area contributed by atoms with E-state index in [1.54, 1.807) is 6.07 Å². The van der Waals surface area contributed by atoms with Crippen molar-refractivity contribution in [2.24, 2.45) is 0 Å². The smallest absolute Gasteiger partial charge is 0.151 e. The van der Waals surface area contributed by atoms with Crippen molar-refractivity contribution < 1.29 is 9.53 Å². The number of hydrogen-bond donors (Lipinski definition) is 0. The molecule has 0 spiro atoms. The minimum Gasteiger partial charge on any atom is -0.494 e. The van der Waals surface area contributed by atoms with E-state index in [9.17, 15) is 4.79 Å². The van der Waals surface area contributed by atoms with Crippen molar-refractivity contribution in [1.29, 1.82) is 0 Å². The van der Waals surface area contributed by atoms with Crippen molar-refractivity contribution >= 4 is 6.29 Å². The molecule has 0 unspecified atom stereocenters. The molecular weight excluding hydrogens is 248 g/mol. The topological polar surface area (TPSA) is 26.3 Å². The van der Waals surface area contributed by atoms with Gasteiger partial charge < -0.3 is 4.74 Å². The van der Waals surface area contributed by atoms with E-state index in [1.165, 1.54) is 0 Å². The molecule has 0 bridgehead atoms. The van der Waals surface area contributed by atoms with Crippen LogP contribution in [0.4, 0.5) is 0 Å². The number of carbonyl (C=O) groups is 1. The fraction of sp³-hybridized carbons (Fsp3) is 0.167. The van der Waals surface area contributed by atoms with Crippen molar-refractivity contribution in [2.75, 3.05) is 6.61 Å². The minimum atomic E-state index is 0.614. The van der Waals surface area contributed by atoms with Crippen LogP contribution in [-0.4, -0.2) is 12.9 Å². The molecule has 20 heavy (non-hydrogen) atoms. The van der Waals surface area contributed by atoms with Crippen LogP contribution in [0.1, 0.15) is 34.8 Å². The molecule has 2 aromatic carbocycles. The first-order chi connectivity index (χ1) is 9.83. The molecule has 0 aliphatic heterocycles. The van der Waals surface area contributed by atoms with Crippen LogP contribution < -0.4 is 4.74 Å². The summed E-state index contributed by atoms with van der Waals surface area (Å²) in [4.78, 5) is 10.9. The Balaban J connectivity index is 2.14. The van der Waals surface area contributed by atoms with E-state index < -0.39 is 0 Å². The van der Waals surface area contributed by atoms with Crippen LogP contribution in [0.25, 0.3) is 0 Å². The largest absolute Gasteiger partial charge is 0.494 e. The molecule has 100 valence electrons. The molecule has 0 aliphatic carbocycles. The maximum Gasteiger partial charge on any atom is 0.151 e. The predicted octanol–water partition coefficient (Wildman–Crippen LogP) is 3.69. The predicted molar refractivity (Wildman–Crippen MR) is 80.0 cm³/mol. The van der Waals surface area contributed by atoms with Crippen molar-refractivity contribution in [3.05, 3.63) is 65.2 Å². The summed E-state index contributed by atoms with van der Waals surface area (Å²) < 4.78 is 5.51. The fourth-order valence-corrected chi connectivity index (χ4v) is 1.71. The Labute approximate surface area is 119 Å². The lowest BCUT2D eigenvalue weighted by atomic mass is 10.1. The summed E-state index contributed by atoms with van der Waals surface area (Å²) in [6.45, 7) is 2.79. The van der Waals surface area contributed by atoms with Gasteiger partial charge in [-0.3, -0.25) is 4.79 Å². The minimum absolute atomic E-state index is 0.614. The van der Waals surface area contributed by atoms with Gasteiger partial charge >= 0.3 is 0 Å². The van der Waals surface area contributed by atoms with Gasteiger partial charge in [-0.2, -0.15) is 0 Å². The number of benzene rings is 2. The highest BCUT2D eigenvalue weighted by molar-refractivity contribution is 5.79. The van der Waals surface area contributed by atoms with Crippen LogP contribution in [0, 0.1) is 11.8 Å². The Bertz CT molecular complexity index is 630. The van der Waals surface area contributed by atoms with Crippen molar-refractivity contribution in [1.82, 2.24) is 0 Å².